The Balaban J connectivity index is 1.47. The van der Waals surface area contributed by atoms with Crippen molar-refractivity contribution in [2.75, 3.05) is 37.9 Å². The lowest BCUT2D eigenvalue weighted by molar-refractivity contribution is 0.0385. The molecule has 0 aliphatic carbocycles. The number of nitrogens with zero attached hydrogens (tertiary/aromatic N) is 1. The Bertz CT molecular complexity index is 744. The molecule has 0 aromatic heterocycles. The van der Waals surface area contributed by atoms with E-state index in [1.807, 2.05) is 65.8 Å². The summed E-state index contributed by atoms with van der Waals surface area (Å²) >= 11 is 1.67. The number of aliphatic hydroxyl groups is 1. The summed E-state index contributed by atoms with van der Waals surface area (Å²) < 4.78 is 5.80. The van der Waals surface area contributed by atoms with Gasteiger partial charge in [0.1, 0.15) is 5.75 Å². The molecule has 2 N–H and O–H groups in total. The van der Waals surface area contributed by atoms with Crippen molar-refractivity contribution in [3.8, 4) is 5.75 Å². The van der Waals surface area contributed by atoms with E-state index in [0.717, 1.165) is 30.7 Å². The molecule has 1 aliphatic rings. The van der Waals surface area contributed by atoms with E-state index in [-0.39, 0.29) is 18.1 Å². The van der Waals surface area contributed by atoms with Crippen LogP contribution in [0.5, 0.6) is 5.75 Å². The normalized spacial score (nSPS) is 15.9. The highest BCUT2D eigenvalue weighted by Gasteiger charge is 2.35. The first kappa shape index (κ1) is 20.6. The van der Waals surface area contributed by atoms with Crippen LogP contribution in [0, 0.1) is 5.41 Å². The summed E-state index contributed by atoms with van der Waals surface area (Å²) in [5.74, 6) is 0.847. The number of rotatable bonds is 7. The summed E-state index contributed by atoms with van der Waals surface area (Å²) in [5.41, 5.74) is 0.629. The van der Waals surface area contributed by atoms with Gasteiger partial charge in [-0.3, -0.25) is 0 Å². The molecule has 2 aromatic carbocycles. The molecule has 0 saturated carbocycles. The van der Waals surface area contributed by atoms with E-state index in [1.54, 1.807) is 11.8 Å². The minimum absolute atomic E-state index is 0.0797. The zero-order valence-corrected chi connectivity index (χ0v) is 17.1. The number of urea groups is 1. The molecule has 1 aliphatic heterocycles. The van der Waals surface area contributed by atoms with Crippen molar-refractivity contribution in [1.82, 2.24) is 4.90 Å². The van der Waals surface area contributed by atoms with Gasteiger partial charge in [-0.05, 0) is 61.9 Å². The maximum atomic E-state index is 12.5. The average molecular weight is 401 g/mol. The Morgan fingerprint density at radius 2 is 1.82 bits per heavy atom. The standard InChI is InChI=1S/C22H28N2O3S/c1-28-20-9-7-18(8-10-20)23-21(26)24-14-11-22(17-25,12-15-24)13-16-27-19-5-3-2-4-6-19/h2-10,25H,11-17H2,1H3,(H,23,26). The van der Waals surface area contributed by atoms with Crippen LogP contribution in [0.2, 0.25) is 0 Å². The van der Waals surface area contributed by atoms with Gasteiger partial charge >= 0.3 is 6.03 Å². The molecular formula is C22H28N2O3S. The van der Waals surface area contributed by atoms with Crippen molar-refractivity contribution in [2.45, 2.75) is 24.2 Å². The lowest BCUT2D eigenvalue weighted by atomic mass is 9.76. The van der Waals surface area contributed by atoms with Gasteiger partial charge in [0.25, 0.3) is 0 Å². The van der Waals surface area contributed by atoms with Crippen LogP contribution in [0.25, 0.3) is 0 Å². The molecule has 2 aromatic rings. The summed E-state index contributed by atoms with van der Waals surface area (Å²) in [6.45, 7) is 1.97. The number of aliphatic hydroxyl groups excluding tert-OH is 1. The number of carbonyl (C=O) groups is 1. The van der Waals surface area contributed by atoms with Crippen molar-refractivity contribution >= 4 is 23.5 Å². The smallest absolute Gasteiger partial charge is 0.321 e. The van der Waals surface area contributed by atoms with Crippen LogP contribution in [0.15, 0.2) is 59.5 Å². The molecule has 0 unspecified atom stereocenters. The molecule has 0 atom stereocenters. The Kier molecular flexibility index (Phi) is 7.23. The molecule has 1 saturated heterocycles. The molecular weight excluding hydrogens is 372 g/mol. The highest BCUT2D eigenvalue weighted by Crippen LogP contribution is 2.35. The van der Waals surface area contributed by atoms with Gasteiger partial charge in [-0.2, -0.15) is 0 Å². The molecule has 28 heavy (non-hydrogen) atoms. The lowest BCUT2D eigenvalue weighted by Crippen LogP contribution is -2.46. The Labute approximate surface area is 171 Å². The summed E-state index contributed by atoms with van der Waals surface area (Å²) in [6, 6.07) is 17.5. The first-order valence-corrected chi connectivity index (χ1v) is 10.9. The van der Waals surface area contributed by atoms with Gasteiger partial charge < -0.3 is 20.1 Å². The topological polar surface area (TPSA) is 61.8 Å². The number of hydrogen-bond donors (Lipinski definition) is 2. The quantitative estimate of drug-likeness (QED) is 0.673. The van der Waals surface area contributed by atoms with Crippen LogP contribution in [0.3, 0.4) is 0 Å². The third-order valence-corrected chi connectivity index (χ3v) is 6.18. The predicted molar refractivity (Wildman–Crippen MR) is 114 cm³/mol. The second-order valence-electron chi connectivity index (χ2n) is 7.22. The zero-order chi connectivity index (χ0) is 19.8. The number of thioether (sulfide) groups is 1. The third kappa shape index (κ3) is 5.42. The minimum Gasteiger partial charge on any atom is -0.494 e. The lowest BCUT2D eigenvalue weighted by Gasteiger charge is -2.40. The number of para-hydroxylation sites is 1. The maximum absolute atomic E-state index is 12.5. The SMILES string of the molecule is CSc1ccc(NC(=O)N2CCC(CO)(CCOc3ccccc3)CC2)cc1. The highest BCUT2D eigenvalue weighted by molar-refractivity contribution is 7.98. The molecule has 0 bridgehead atoms. The zero-order valence-electron chi connectivity index (χ0n) is 16.3. The number of carbonyl (C=O) groups excluding carboxylic acids is 1. The first-order chi connectivity index (χ1) is 13.6. The number of hydrogen-bond acceptors (Lipinski definition) is 4. The number of piperidine rings is 1. The van der Waals surface area contributed by atoms with Gasteiger partial charge in [0.05, 0.1) is 6.61 Å². The van der Waals surface area contributed by atoms with Crippen LogP contribution >= 0.6 is 11.8 Å². The van der Waals surface area contributed by atoms with Gasteiger partial charge in [-0.15, -0.1) is 11.8 Å². The van der Waals surface area contributed by atoms with E-state index in [0.29, 0.717) is 19.7 Å². The molecule has 0 spiro atoms. The number of benzene rings is 2. The number of nitrogens with one attached hydrogen (secondary N) is 1. The number of ether oxygens (including phenoxy) is 1. The van der Waals surface area contributed by atoms with E-state index in [4.69, 9.17) is 4.74 Å². The number of likely N-dealkylation sites (tertiary alicyclic amines) is 1. The molecule has 5 nitrogen and oxygen atoms in total. The predicted octanol–water partition coefficient (Wildman–Crippen LogP) is 4.48. The molecule has 6 heteroatoms. The summed E-state index contributed by atoms with van der Waals surface area (Å²) in [7, 11) is 0. The van der Waals surface area contributed by atoms with Gasteiger partial charge in [-0.1, -0.05) is 18.2 Å². The van der Waals surface area contributed by atoms with Crippen LogP contribution in [0.4, 0.5) is 10.5 Å². The largest absolute Gasteiger partial charge is 0.494 e. The Morgan fingerprint density at radius 1 is 1.14 bits per heavy atom. The van der Waals surface area contributed by atoms with E-state index in [1.165, 1.54) is 4.90 Å². The maximum Gasteiger partial charge on any atom is 0.321 e. The van der Waals surface area contributed by atoms with Gasteiger partial charge in [0, 0.05) is 35.7 Å². The molecule has 2 amide bonds. The summed E-state index contributed by atoms with van der Waals surface area (Å²) in [5, 5.41) is 12.9. The third-order valence-electron chi connectivity index (χ3n) is 5.43. The summed E-state index contributed by atoms with van der Waals surface area (Å²) in [4.78, 5) is 15.5. The van der Waals surface area contributed by atoms with E-state index in [2.05, 4.69) is 5.32 Å². The van der Waals surface area contributed by atoms with Crippen molar-refractivity contribution < 1.29 is 14.6 Å². The Morgan fingerprint density at radius 3 is 2.43 bits per heavy atom. The fourth-order valence-electron chi connectivity index (χ4n) is 3.45. The van der Waals surface area contributed by atoms with Crippen LogP contribution < -0.4 is 10.1 Å². The number of anilines is 1. The van der Waals surface area contributed by atoms with Crippen molar-refractivity contribution in [3.63, 3.8) is 0 Å². The monoisotopic (exact) mass is 400 g/mol. The average Bonchev–Trinajstić information content (AvgIpc) is 2.75. The van der Waals surface area contributed by atoms with Crippen molar-refractivity contribution in [3.05, 3.63) is 54.6 Å². The number of amides is 2. The minimum atomic E-state index is -0.175. The molecule has 3 rings (SSSR count). The molecule has 1 heterocycles. The first-order valence-electron chi connectivity index (χ1n) is 9.63. The highest BCUT2D eigenvalue weighted by atomic mass is 32.2. The van der Waals surface area contributed by atoms with E-state index < -0.39 is 0 Å². The fourth-order valence-corrected chi connectivity index (χ4v) is 3.86. The summed E-state index contributed by atoms with van der Waals surface area (Å²) in [6.07, 6.45) is 4.37. The van der Waals surface area contributed by atoms with Crippen LogP contribution in [-0.2, 0) is 0 Å². The van der Waals surface area contributed by atoms with Gasteiger partial charge in [0.15, 0.2) is 0 Å². The van der Waals surface area contributed by atoms with Crippen LogP contribution in [0.1, 0.15) is 19.3 Å². The van der Waals surface area contributed by atoms with E-state index in [9.17, 15) is 9.90 Å². The molecule has 1 fully saturated rings. The van der Waals surface area contributed by atoms with Gasteiger partial charge in [-0.25, -0.2) is 4.79 Å². The van der Waals surface area contributed by atoms with Crippen molar-refractivity contribution in [2.24, 2.45) is 5.41 Å². The second kappa shape index (κ2) is 9.85. The fraction of sp³-hybridized carbons (Fsp3) is 0.409. The van der Waals surface area contributed by atoms with Crippen LogP contribution in [-0.4, -0.2) is 48.6 Å². The van der Waals surface area contributed by atoms with E-state index >= 15 is 0 Å². The van der Waals surface area contributed by atoms with Crippen molar-refractivity contribution in [1.29, 1.82) is 0 Å². The van der Waals surface area contributed by atoms with Gasteiger partial charge in [0.2, 0.25) is 0 Å². The molecule has 150 valence electrons. The molecule has 0 radical (unpaired) electrons. The Hall–Kier alpha value is -2.18. The second-order valence-corrected chi connectivity index (χ2v) is 8.09.